The largest absolute Gasteiger partial charge is 0.357 e. The van der Waals surface area contributed by atoms with E-state index in [1.807, 2.05) is 19.2 Å². The van der Waals surface area contributed by atoms with Crippen LogP contribution in [0.2, 0.25) is 0 Å². The number of thioether (sulfide) groups is 1. The number of nitrogens with one attached hydrogen (secondary N) is 2. The first kappa shape index (κ1) is 20.7. The highest BCUT2D eigenvalue weighted by molar-refractivity contribution is 7.97. The Balaban J connectivity index is 1.61. The van der Waals surface area contributed by atoms with Crippen LogP contribution in [0.15, 0.2) is 35.5 Å². The van der Waals surface area contributed by atoms with E-state index < -0.39 is 0 Å². The first-order valence-corrected chi connectivity index (χ1v) is 11.4. The summed E-state index contributed by atoms with van der Waals surface area (Å²) in [6.07, 6.45) is 9.18. The second kappa shape index (κ2) is 10.5. The molecule has 0 amide bonds. The Morgan fingerprint density at radius 3 is 2.82 bits per heavy atom. The van der Waals surface area contributed by atoms with Crippen molar-refractivity contribution in [1.82, 2.24) is 20.4 Å². The normalized spacial score (nSPS) is 15.2. The van der Waals surface area contributed by atoms with Crippen LogP contribution in [-0.4, -0.2) is 28.5 Å². The molecule has 0 unspecified atom stereocenters. The van der Waals surface area contributed by atoms with E-state index >= 15 is 0 Å². The number of hydrogen-bond acceptors (Lipinski definition) is 3. The first-order chi connectivity index (χ1) is 13.7. The SMILES string of the molecule is CCNC(=NCc1ccc(F)cc1CSC)NCc1ccn(C2CCCC2)n1. The predicted octanol–water partition coefficient (Wildman–Crippen LogP) is 4.26. The van der Waals surface area contributed by atoms with Gasteiger partial charge in [-0.25, -0.2) is 9.38 Å². The van der Waals surface area contributed by atoms with Crippen molar-refractivity contribution in [3.8, 4) is 0 Å². The van der Waals surface area contributed by atoms with Crippen molar-refractivity contribution in [3.05, 3.63) is 53.1 Å². The summed E-state index contributed by atoms with van der Waals surface area (Å²) in [6, 6.07) is 7.58. The Morgan fingerprint density at radius 1 is 1.25 bits per heavy atom. The summed E-state index contributed by atoms with van der Waals surface area (Å²) >= 11 is 1.69. The van der Waals surface area contributed by atoms with Gasteiger partial charge in [-0.15, -0.1) is 0 Å². The highest BCUT2D eigenvalue weighted by atomic mass is 32.2. The van der Waals surface area contributed by atoms with E-state index in [0.717, 1.165) is 35.1 Å². The van der Waals surface area contributed by atoms with Crippen LogP contribution in [0.1, 0.15) is 55.5 Å². The van der Waals surface area contributed by atoms with E-state index in [9.17, 15) is 4.39 Å². The van der Waals surface area contributed by atoms with E-state index in [2.05, 4.69) is 32.6 Å². The van der Waals surface area contributed by atoms with Crippen molar-refractivity contribution in [2.45, 2.75) is 57.5 Å². The van der Waals surface area contributed by atoms with Gasteiger partial charge in [0.1, 0.15) is 5.82 Å². The van der Waals surface area contributed by atoms with Gasteiger partial charge in [-0.2, -0.15) is 16.9 Å². The highest BCUT2D eigenvalue weighted by Gasteiger charge is 2.17. The molecule has 2 N–H and O–H groups in total. The summed E-state index contributed by atoms with van der Waals surface area (Å²) in [4.78, 5) is 4.68. The zero-order valence-electron chi connectivity index (χ0n) is 16.7. The van der Waals surface area contributed by atoms with Gasteiger partial charge in [0.2, 0.25) is 0 Å². The molecule has 0 radical (unpaired) electrons. The Bertz CT molecular complexity index is 783. The van der Waals surface area contributed by atoms with Crippen molar-refractivity contribution in [2.75, 3.05) is 12.8 Å². The van der Waals surface area contributed by atoms with Gasteiger partial charge in [0.05, 0.1) is 24.8 Å². The van der Waals surface area contributed by atoms with Crippen molar-refractivity contribution in [2.24, 2.45) is 4.99 Å². The predicted molar refractivity (Wildman–Crippen MR) is 115 cm³/mol. The standard InChI is InChI=1S/C21H30FN5S/c1-3-23-21(24-13-16-8-9-18(22)12-17(16)15-28-2)25-14-19-10-11-27(26-19)20-6-4-5-7-20/h8-12,20H,3-7,13-15H2,1-2H3,(H2,23,24,25). The van der Waals surface area contributed by atoms with E-state index in [-0.39, 0.29) is 5.82 Å². The summed E-state index contributed by atoms with van der Waals surface area (Å²) in [5.41, 5.74) is 3.07. The number of aromatic nitrogens is 2. The summed E-state index contributed by atoms with van der Waals surface area (Å²) in [7, 11) is 0. The van der Waals surface area contributed by atoms with E-state index in [0.29, 0.717) is 19.1 Å². The van der Waals surface area contributed by atoms with Crippen LogP contribution in [0.5, 0.6) is 0 Å². The molecule has 7 heteroatoms. The van der Waals surface area contributed by atoms with E-state index in [1.54, 1.807) is 17.8 Å². The molecule has 5 nitrogen and oxygen atoms in total. The van der Waals surface area contributed by atoms with Crippen molar-refractivity contribution in [1.29, 1.82) is 0 Å². The molecule has 0 bridgehead atoms. The highest BCUT2D eigenvalue weighted by Crippen LogP contribution is 2.28. The third-order valence-corrected chi connectivity index (χ3v) is 5.62. The molecule has 152 valence electrons. The Labute approximate surface area is 171 Å². The number of nitrogens with zero attached hydrogens (tertiary/aromatic N) is 3. The number of rotatable bonds is 8. The number of benzene rings is 1. The summed E-state index contributed by atoms with van der Waals surface area (Å²) in [6.45, 7) is 3.97. The van der Waals surface area contributed by atoms with Gasteiger partial charge < -0.3 is 10.6 Å². The number of guanidine groups is 1. The molecular weight excluding hydrogens is 373 g/mol. The van der Waals surface area contributed by atoms with Crippen molar-refractivity contribution in [3.63, 3.8) is 0 Å². The van der Waals surface area contributed by atoms with Gasteiger partial charge in [0.15, 0.2) is 5.96 Å². The Hall–Kier alpha value is -2.02. The average molecular weight is 404 g/mol. The van der Waals surface area contributed by atoms with Crippen molar-refractivity contribution >= 4 is 17.7 Å². The zero-order valence-corrected chi connectivity index (χ0v) is 17.6. The maximum absolute atomic E-state index is 13.5. The first-order valence-electron chi connectivity index (χ1n) is 10.0. The van der Waals surface area contributed by atoms with Crippen LogP contribution in [0, 0.1) is 5.82 Å². The lowest BCUT2D eigenvalue weighted by Gasteiger charge is -2.12. The fourth-order valence-corrected chi connectivity index (χ4v) is 4.14. The minimum absolute atomic E-state index is 0.195. The topological polar surface area (TPSA) is 54.2 Å². The molecule has 1 aliphatic carbocycles. The minimum Gasteiger partial charge on any atom is -0.357 e. The molecule has 1 aromatic heterocycles. The fourth-order valence-electron chi connectivity index (χ4n) is 3.56. The number of halogens is 1. The van der Waals surface area contributed by atoms with Crippen LogP contribution in [0.3, 0.4) is 0 Å². The van der Waals surface area contributed by atoms with Crippen LogP contribution in [-0.2, 0) is 18.8 Å². The van der Waals surface area contributed by atoms with Gasteiger partial charge in [-0.3, -0.25) is 4.68 Å². The van der Waals surface area contributed by atoms with E-state index in [1.165, 1.54) is 31.7 Å². The lowest BCUT2D eigenvalue weighted by molar-refractivity contribution is 0.462. The van der Waals surface area contributed by atoms with Gasteiger partial charge >= 0.3 is 0 Å². The van der Waals surface area contributed by atoms with Gasteiger partial charge in [-0.05, 0) is 55.3 Å². The molecule has 1 aliphatic rings. The van der Waals surface area contributed by atoms with Gasteiger partial charge in [-0.1, -0.05) is 18.9 Å². The molecule has 1 heterocycles. The molecule has 2 aromatic rings. The average Bonchev–Trinajstić information content (AvgIpc) is 3.37. The van der Waals surface area contributed by atoms with E-state index in [4.69, 9.17) is 5.10 Å². The molecule has 1 fully saturated rings. The number of hydrogen-bond donors (Lipinski definition) is 2. The minimum atomic E-state index is -0.195. The smallest absolute Gasteiger partial charge is 0.191 e. The molecule has 1 saturated carbocycles. The summed E-state index contributed by atoms with van der Waals surface area (Å²) in [5, 5.41) is 11.3. The second-order valence-corrected chi connectivity index (χ2v) is 7.99. The Morgan fingerprint density at radius 2 is 2.07 bits per heavy atom. The third kappa shape index (κ3) is 5.74. The molecule has 0 aliphatic heterocycles. The monoisotopic (exact) mass is 403 g/mol. The molecule has 0 atom stereocenters. The molecule has 1 aromatic carbocycles. The van der Waals surface area contributed by atoms with Gasteiger partial charge in [0, 0.05) is 18.5 Å². The molecule has 3 rings (SSSR count). The summed E-state index contributed by atoms with van der Waals surface area (Å²) < 4.78 is 15.6. The Kier molecular flexibility index (Phi) is 7.77. The fraction of sp³-hybridized carbons (Fsp3) is 0.524. The lowest BCUT2D eigenvalue weighted by atomic mass is 10.1. The zero-order chi connectivity index (χ0) is 19.8. The maximum Gasteiger partial charge on any atom is 0.191 e. The molecule has 0 saturated heterocycles. The van der Waals surface area contributed by atoms with Gasteiger partial charge in [0.25, 0.3) is 0 Å². The van der Waals surface area contributed by atoms with Crippen molar-refractivity contribution < 1.29 is 4.39 Å². The summed E-state index contributed by atoms with van der Waals surface area (Å²) in [5.74, 6) is 1.34. The maximum atomic E-state index is 13.5. The second-order valence-electron chi connectivity index (χ2n) is 7.12. The van der Waals surface area contributed by atoms with Crippen LogP contribution < -0.4 is 10.6 Å². The van der Waals surface area contributed by atoms with Crippen LogP contribution in [0.4, 0.5) is 4.39 Å². The lowest BCUT2D eigenvalue weighted by Crippen LogP contribution is -2.37. The van der Waals surface area contributed by atoms with Crippen LogP contribution in [0.25, 0.3) is 0 Å². The molecule has 0 spiro atoms. The quantitative estimate of drug-likeness (QED) is 0.511. The molecule has 28 heavy (non-hydrogen) atoms. The third-order valence-electron chi connectivity index (χ3n) is 5.02. The van der Waals surface area contributed by atoms with Crippen LogP contribution >= 0.6 is 11.8 Å². The number of aliphatic imine (C=N–C) groups is 1. The molecular formula is C21H30FN5S.